The zero-order chi connectivity index (χ0) is 18.8. The molecular formula is C18H25F2IN4OS. The quantitative estimate of drug-likeness (QED) is 0.304. The van der Waals surface area contributed by atoms with E-state index in [1.807, 2.05) is 26.1 Å². The van der Waals surface area contributed by atoms with Crippen molar-refractivity contribution in [2.75, 3.05) is 19.7 Å². The molecule has 9 heteroatoms. The van der Waals surface area contributed by atoms with Crippen LogP contribution in [0.3, 0.4) is 0 Å². The number of rotatable bonds is 9. The number of aliphatic imine (C=N–C) groups is 1. The molecule has 0 unspecified atom stereocenters. The average Bonchev–Trinajstić information content (AvgIpc) is 3.03. The van der Waals surface area contributed by atoms with Crippen molar-refractivity contribution >= 4 is 41.3 Å². The van der Waals surface area contributed by atoms with Gasteiger partial charge in [-0.25, -0.2) is 18.8 Å². The van der Waals surface area contributed by atoms with E-state index in [-0.39, 0.29) is 24.0 Å². The Morgan fingerprint density at radius 2 is 2.15 bits per heavy atom. The van der Waals surface area contributed by atoms with Gasteiger partial charge in [0.2, 0.25) is 0 Å². The molecule has 1 aromatic carbocycles. The molecule has 2 aromatic rings. The third kappa shape index (κ3) is 9.32. The SMILES string of the molecule is CCNC(=NCc1cccc(OCC(F)F)c1)NCCc1ncc(C)s1.I. The number of hydrogen-bond donors (Lipinski definition) is 2. The second-order valence-electron chi connectivity index (χ2n) is 5.59. The zero-order valence-corrected chi connectivity index (χ0v) is 18.5. The number of aryl methyl sites for hydroxylation is 1. The molecule has 0 amide bonds. The lowest BCUT2D eigenvalue weighted by atomic mass is 10.2. The second kappa shape index (κ2) is 12.8. The normalized spacial score (nSPS) is 11.2. The topological polar surface area (TPSA) is 58.5 Å². The molecule has 2 rings (SSSR count). The Kier molecular flexibility index (Phi) is 11.2. The summed E-state index contributed by atoms with van der Waals surface area (Å²) < 4.78 is 29.5. The molecule has 150 valence electrons. The maximum atomic E-state index is 12.2. The van der Waals surface area contributed by atoms with Crippen LogP contribution in [0.4, 0.5) is 8.78 Å². The van der Waals surface area contributed by atoms with Crippen molar-refractivity contribution in [1.29, 1.82) is 0 Å². The Hall–Kier alpha value is -1.49. The Bertz CT molecular complexity index is 712. The minimum atomic E-state index is -2.48. The summed E-state index contributed by atoms with van der Waals surface area (Å²) in [6.45, 7) is 5.35. The average molecular weight is 510 g/mol. The number of nitrogens with one attached hydrogen (secondary N) is 2. The first-order chi connectivity index (χ1) is 12.6. The number of nitrogens with zero attached hydrogens (tertiary/aromatic N) is 2. The molecule has 0 aliphatic carbocycles. The van der Waals surface area contributed by atoms with E-state index < -0.39 is 13.0 Å². The molecule has 0 saturated heterocycles. The van der Waals surface area contributed by atoms with E-state index >= 15 is 0 Å². The molecule has 0 radical (unpaired) electrons. The van der Waals surface area contributed by atoms with Crippen molar-refractivity contribution in [3.63, 3.8) is 0 Å². The first-order valence-corrected chi connectivity index (χ1v) is 9.32. The van der Waals surface area contributed by atoms with Gasteiger partial charge in [-0.15, -0.1) is 35.3 Å². The van der Waals surface area contributed by atoms with Crippen molar-refractivity contribution in [1.82, 2.24) is 15.6 Å². The molecule has 5 nitrogen and oxygen atoms in total. The highest BCUT2D eigenvalue weighted by Crippen LogP contribution is 2.15. The van der Waals surface area contributed by atoms with Crippen LogP contribution in [0.25, 0.3) is 0 Å². The van der Waals surface area contributed by atoms with Gasteiger partial charge >= 0.3 is 0 Å². The summed E-state index contributed by atoms with van der Waals surface area (Å²) in [5, 5.41) is 7.56. The molecule has 0 spiro atoms. The van der Waals surface area contributed by atoms with Gasteiger partial charge in [-0.3, -0.25) is 0 Å². The van der Waals surface area contributed by atoms with Crippen LogP contribution in [0.2, 0.25) is 0 Å². The Morgan fingerprint density at radius 1 is 1.33 bits per heavy atom. The van der Waals surface area contributed by atoms with Gasteiger partial charge in [-0.2, -0.15) is 0 Å². The van der Waals surface area contributed by atoms with Crippen molar-refractivity contribution in [3.05, 3.63) is 45.9 Å². The van der Waals surface area contributed by atoms with E-state index in [2.05, 4.69) is 20.6 Å². The number of thiazole rings is 1. The summed E-state index contributed by atoms with van der Waals surface area (Å²) in [6, 6.07) is 7.06. The minimum absolute atomic E-state index is 0. The highest BCUT2D eigenvalue weighted by atomic mass is 127. The van der Waals surface area contributed by atoms with E-state index in [1.54, 1.807) is 29.5 Å². The molecular weight excluding hydrogens is 485 g/mol. The van der Waals surface area contributed by atoms with Gasteiger partial charge in [0.05, 0.1) is 11.6 Å². The molecule has 0 aliphatic rings. The summed E-state index contributed by atoms with van der Waals surface area (Å²) in [5.41, 5.74) is 0.893. The van der Waals surface area contributed by atoms with Gasteiger partial charge in [-0.1, -0.05) is 12.1 Å². The molecule has 0 saturated carbocycles. The van der Waals surface area contributed by atoms with Gasteiger partial charge in [0.25, 0.3) is 6.43 Å². The second-order valence-corrected chi connectivity index (χ2v) is 6.91. The largest absolute Gasteiger partial charge is 0.488 e. The first kappa shape index (κ1) is 23.5. The van der Waals surface area contributed by atoms with E-state index in [4.69, 9.17) is 4.74 Å². The molecule has 0 fully saturated rings. The maximum Gasteiger partial charge on any atom is 0.272 e. The molecule has 1 aromatic heterocycles. The van der Waals surface area contributed by atoms with Crippen LogP contribution in [0.1, 0.15) is 22.4 Å². The fraction of sp³-hybridized carbons (Fsp3) is 0.444. The number of guanidine groups is 1. The number of halogens is 3. The Morgan fingerprint density at radius 3 is 2.81 bits per heavy atom. The highest BCUT2D eigenvalue weighted by molar-refractivity contribution is 14.0. The van der Waals surface area contributed by atoms with E-state index in [9.17, 15) is 8.78 Å². The standard InChI is InChI=1S/C18H24F2N4OS.HI/c1-3-21-18(22-8-7-17-23-10-13(2)26-17)24-11-14-5-4-6-15(9-14)25-12-16(19)20;/h4-6,9-10,16H,3,7-8,11-12H2,1-2H3,(H2,21,22,24);1H. The van der Waals surface area contributed by atoms with E-state index in [1.165, 1.54) is 4.88 Å². The van der Waals surface area contributed by atoms with Crippen molar-refractivity contribution in [3.8, 4) is 5.75 Å². The molecule has 1 heterocycles. The third-order valence-corrected chi connectivity index (χ3v) is 4.31. The fourth-order valence-corrected chi connectivity index (χ4v) is 3.00. The molecule has 27 heavy (non-hydrogen) atoms. The van der Waals surface area contributed by atoms with Crippen molar-refractivity contribution in [2.24, 2.45) is 4.99 Å². The maximum absolute atomic E-state index is 12.2. The molecule has 0 aliphatic heterocycles. The molecule has 0 atom stereocenters. The fourth-order valence-electron chi connectivity index (χ4n) is 2.21. The number of ether oxygens (including phenoxy) is 1. The van der Waals surface area contributed by atoms with Gasteiger partial charge in [0.15, 0.2) is 5.96 Å². The highest BCUT2D eigenvalue weighted by Gasteiger charge is 2.05. The van der Waals surface area contributed by atoms with Gasteiger partial charge in [0.1, 0.15) is 12.4 Å². The number of alkyl halides is 2. The Balaban J connectivity index is 0.00000364. The summed E-state index contributed by atoms with van der Waals surface area (Å²) >= 11 is 1.69. The predicted molar refractivity (Wildman–Crippen MR) is 117 cm³/mol. The van der Waals surface area contributed by atoms with Crippen molar-refractivity contribution < 1.29 is 13.5 Å². The van der Waals surface area contributed by atoms with Crippen LogP contribution >= 0.6 is 35.3 Å². The predicted octanol–water partition coefficient (Wildman–Crippen LogP) is 4.01. The number of hydrogen-bond acceptors (Lipinski definition) is 4. The lowest BCUT2D eigenvalue weighted by Gasteiger charge is -2.11. The van der Waals surface area contributed by atoms with Crippen LogP contribution in [-0.2, 0) is 13.0 Å². The first-order valence-electron chi connectivity index (χ1n) is 8.50. The summed E-state index contributed by atoms with van der Waals surface area (Å²) in [6.07, 6.45) is 0.227. The minimum Gasteiger partial charge on any atom is -0.488 e. The monoisotopic (exact) mass is 510 g/mol. The summed E-state index contributed by atoms with van der Waals surface area (Å²) in [7, 11) is 0. The summed E-state index contributed by atoms with van der Waals surface area (Å²) in [5.74, 6) is 1.13. The van der Waals surface area contributed by atoms with Gasteiger partial charge < -0.3 is 15.4 Å². The van der Waals surface area contributed by atoms with E-state index in [0.717, 1.165) is 30.1 Å². The lowest BCUT2D eigenvalue weighted by Crippen LogP contribution is -2.38. The van der Waals surface area contributed by atoms with Gasteiger partial charge in [0, 0.05) is 30.6 Å². The van der Waals surface area contributed by atoms with Crippen LogP contribution in [0.5, 0.6) is 5.75 Å². The molecule has 2 N–H and O–H groups in total. The van der Waals surface area contributed by atoms with Crippen LogP contribution in [0.15, 0.2) is 35.5 Å². The molecule has 0 bridgehead atoms. The Labute approximate surface area is 179 Å². The smallest absolute Gasteiger partial charge is 0.272 e. The number of benzene rings is 1. The number of aromatic nitrogens is 1. The van der Waals surface area contributed by atoms with Crippen LogP contribution < -0.4 is 15.4 Å². The lowest BCUT2D eigenvalue weighted by molar-refractivity contribution is 0.0818. The third-order valence-electron chi connectivity index (χ3n) is 3.34. The van der Waals surface area contributed by atoms with E-state index in [0.29, 0.717) is 18.3 Å². The van der Waals surface area contributed by atoms with Crippen LogP contribution in [0, 0.1) is 6.92 Å². The van der Waals surface area contributed by atoms with Gasteiger partial charge in [-0.05, 0) is 31.5 Å². The van der Waals surface area contributed by atoms with Crippen molar-refractivity contribution in [2.45, 2.75) is 33.2 Å². The summed E-state index contributed by atoms with van der Waals surface area (Å²) in [4.78, 5) is 10.1. The van der Waals surface area contributed by atoms with Crippen LogP contribution in [-0.4, -0.2) is 37.1 Å². The zero-order valence-electron chi connectivity index (χ0n) is 15.4.